The van der Waals surface area contributed by atoms with Crippen molar-refractivity contribution < 1.29 is 4.74 Å². The fourth-order valence-electron chi connectivity index (χ4n) is 3.25. The number of benzene rings is 3. The highest BCUT2D eigenvalue weighted by atomic mass is 16.5. The highest BCUT2D eigenvalue weighted by Gasteiger charge is 2.26. The minimum Gasteiger partial charge on any atom is -0.497 e. The number of hydrogen-bond acceptors (Lipinski definition) is 3. The van der Waals surface area contributed by atoms with Gasteiger partial charge in [0.05, 0.1) is 24.6 Å². The first-order valence-electron chi connectivity index (χ1n) is 9.13. The lowest BCUT2D eigenvalue weighted by atomic mass is 10.0. The highest BCUT2D eigenvalue weighted by molar-refractivity contribution is 6.03. The summed E-state index contributed by atoms with van der Waals surface area (Å²) in [6.45, 7) is 0. The van der Waals surface area contributed by atoms with Gasteiger partial charge in [-0.2, -0.15) is 5.10 Å². The third kappa shape index (κ3) is 3.93. The molecule has 1 heterocycles. The zero-order valence-electron chi connectivity index (χ0n) is 15.3. The molecule has 0 saturated carbocycles. The fraction of sp³-hybridized carbons (Fsp3) is 0.125. The quantitative estimate of drug-likeness (QED) is 0.613. The minimum atomic E-state index is 0.185. The van der Waals surface area contributed by atoms with Crippen molar-refractivity contribution >= 4 is 17.5 Å². The van der Waals surface area contributed by atoms with Crippen molar-refractivity contribution in [1.82, 2.24) is 0 Å². The predicted octanol–water partition coefficient (Wildman–Crippen LogP) is 5.39. The molecule has 0 radical (unpaired) electrons. The summed E-state index contributed by atoms with van der Waals surface area (Å²) in [7, 11) is 1.68. The molecule has 3 aromatic carbocycles. The van der Waals surface area contributed by atoms with Gasteiger partial charge in [-0.05, 0) is 35.4 Å². The summed E-state index contributed by atoms with van der Waals surface area (Å²) < 4.78 is 5.23. The topological polar surface area (TPSA) is 24.8 Å². The van der Waals surface area contributed by atoms with Crippen LogP contribution in [0.1, 0.15) is 17.5 Å². The summed E-state index contributed by atoms with van der Waals surface area (Å²) >= 11 is 0. The molecule has 4 rings (SSSR count). The second kappa shape index (κ2) is 7.92. The van der Waals surface area contributed by atoms with Crippen LogP contribution < -0.4 is 9.75 Å². The van der Waals surface area contributed by atoms with Crippen molar-refractivity contribution in [2.24, 2.45) is 5.10 Å². The second-order valence-electron chi connectivity index (χ2n) is 6.50. The van der Waals surface area contributed by atoms with E-state index in [0.29, 0.717) is 0 Å². The Kier molecular flexibility index (Phi) is 5.01. The van der Waals surface area contributed by atoms with E-state index in [4.69, 9.17) is 9.84 Å². The van der Waals surface area contributed by atoms with Crippen LogP contribution in [0.4, 0.5) is 5.69 Å². The minimum absolute atomic E-state index is 0.185. The van der Waals surface area contributed by atoms with Crippen LogP contribution in [0.2, 0.25) is 0 Å². The lowest BCUT2D eigenvalue weighted by molar-refractivity contribution is 0.415. The Labute approximate surface area is 160 Å². The molecule has 0 amide bonds. The van der Waals surface area contributed by atoms with Crippen LogP contribution >= 0.6 is 0 Å². The van der Waals surface area contributed by atoms with Crippen molar-refractivity contribution in [3.8, 4) is 5.75 Å². The van der Waals surface area contributed by atoms with Gasteiger partial charge in [0.25, 0.3) is 0 Å². The van der Waals surface area contributed by atoms with Gasteiger partial charge in [-0.15, -0.1) is 0 Å². The number of anilines is 1. The van der Waals surface area contributed by atoms with Gasteiger partial charge < -0.3 is 4.74 Å². The predicted molar refractivity (Wildman–Crippen MR) is 112 cm³/mol. The van der Waals surface area contributed by atoms with Crippen LogP contribution in [0.15, 0.2) is 96.1 Å². The molecule has 3 nitrogen and oxygen atoms in total. The third-order valence-electron chi connectivity index (χ3n) is 4.70. The molecule has 0 spiro atoms. The van der Waals surface area contributed by atoms with Gasteiger partial charge in [-0.1, -0.05) is 72.8 Å². The number of rotatable bonds is 5. The maximum Gasteiger partial charge on any atom is 0.118 e. The van der Waals surface area contributed by atoms with Gasteiger partial charge in [-0.25, -0.2) is 0 Å². The SMILES string of the molecule is COc1ccc(/C=C/C2CC(c3ccccc3)=NN2c2ccccc2)cc1. The summed E-state index contributed by atoms with van der Waals surface area (Å²) in [5.74, 6) is 0.869. The Morgan fingerprint density at radius 2 is 1.56 bits per heavy atom. The molecular formula is C24H22N2O. The Morgan fingerprint density at radius 3 is 2.22 bits per heavy atom. The van der Waals surface area contributed by atoms with E-state index in [9.17, 15) is 0 Å². The molecule has 0 aromatic heterocycles. The molecular weight excluding hydrogens is 332 g/mol. The standard InChI is InChI=1S/C24H22N2O/c1-27-23-16-13-19(14-17-23)12-15-22-18-24(20-8-4-2-5-9-20)25-26(22)21-10-6-3-7-11-21/h2-17,22H,18H2,1H3/b15-12+. The molecule has 1 unspecified atom stereocenters. The summed E-state index contributed by atoms with van der Waals surface area (Å²) in [6.07, 6.45) is 5.27. The van der Waals surface area contributed by atoms with E-state index in [0.717, 1.165) is 29.1 Å². The van der Waals surface area contributed by atoms with Crippen LogP contribution in [0, 0.1) is 0 Å². The summed E-state index contributed by atoms with van der Waals surface area (Å²) in [5.41, 5.74) is 4.55. The number of methoxy groups -OCH3 is 1. The molecule has 0 aliphatic carbocycles. The van der Waals surface area contributed by atoms with Crippen LogP contribution in [-0.2, 0) is 0 Å². The van der Waals surface area contributed by atoms with E-state index >= 15 is 0 Å². The average molecular weight is 354 g/mol. The van der Waals surface area contributed by atoms with Crippen molar-refractivity contribution in [3.05, 3.63) is 102 Å². The lowest BCUT2D eigenvalue weighted by Crippen LogP contribution is -2.23. The Bertz CT molecular complexity index is 931. The molecule has 134 valence electrons. The third-order valence-corrected chi connectivity index (χ3v) is 4.70. The van der Waals surface area contributed by atoms with E-state index in [1.807, 2.05) is 24.3 Å². The molecule has 1 aliphatic heterocycles. The zero-order chi connectivity index (χ0) is 18.5. The van der Waals surface area contributed by atoms with Gasteiger partial charge in [0.15, 0.2) is 0 Å². The monoisotopic (exact) mass is 354 g/mol. The van der Waals surface area contributed by atoms with Gasteiger partial charge in [-0.3, -0.25) is 5.01 Å². The Morgan fingerprint density at radius 1 is 0.889 bits per heavy atom. The van der Waals surface area contributed by atoms with E-state index in [1.165, 1.54) is 5.56 Å². The largest absolute Gasteiger partial charge is 0.497 e. The highest BCUT2D eigenvalue weighted by Crippen LogP contribution is 2.28. The van der Waals surface area contributed by atoms with Crippen molar-refractivity contribution in [2.75, 3.05) is 12.1 Å². The maximum atomic E-state index is 5.23. The van der Waals surface area contributed by atoms with E-state index in [-0.39, 0.29) is 6.04 Å². The first-order chi connectivity index (χ1) is 13.3. The Balaban J connectivity index is 1.61. The lowest BCUT2D eigenvalue weighted by Gasteiger charge is -2.20. The molecule has 0 N–H and O–H groups in total. The number of nitrogens with zero attached hydrogens (tertiary/aromatic N) is 2. The van der Waals surface area contributed by atoms with Crippen LogP contribution in [0.3, 0.4) is 0 Å². The molecule has 0 fully saturated rings. The first kappa shape index (κ1) is 17.1. The van der Waals surface area contributed by atoms with Crippen molar-refractivity contribution in [2.45, 2.75) is 12.5 Å². The summed E-state index contributed by atoms with van der Waals surface area (Å²) in [6, 6.07) is 29.0. The van der Waals surface area contributed by atoms with E-state index in [2.05, 4.69) is 77.8 Å². The molecule has 0 saturated heterocycles. The van der Waals surface area contributed by atoms with Crippen LogP contribution in [0.25, 0.3) is 6.08 Å². The van der Waals surface area contributed by atoms with Crippen molar-refractivity contribution in [3.63, 3.8) is 0 Å². The number of hydrazone groups is 1. The van der Waals surface area contributed by atoms with Crippen molar-refractivity contribution in [1.29, 1.82) is 0 Å². The zero-order valence-corrected chi connectivity index (χ0v) is 15.3. The molecule has 3 heteroatoms. The molecule has 0 bridgehead atoms. The molecule has 27 heavy (non-hydrogen) atoms. The number of para-hydroxylation sites is 1. The smallest absolute Gasteiger partial charge is 0.118 e. The molecule has 3 aromatic rings. The van der Waals surface area contributed by atoms with Gasteiger partial charge >= 0.3 is 0 Å². The molecule has 1 atom stereocenters. The fourth-order valence-corrected chi connectivity index (χ4v) is 3.25. The first-order valence-corrected chi connectivity index (χ1v) is 9.13. The van der Waals surface area contributed by atoms with E-state index in [1.54, 1.807) is 7.11 Å². The summed E-state index contributed by atoms with van der Waals surface area (Å²) in [4.78, 5) is 0. The number of ether oxygens (including phenoxy) is 1. The average Bonchev–Trinajstić information content (AvgIpc) is 3.18. The molecule has 1 aliphatic rings. The summed E-state index contributed by atoms with van der Waals surface area (Å²) in [5, 5.41) is 7.04. The van der Waals surface area contributed by atoms with Gasteiger partial charge in [0.2, 0.25) is 0 Å². The van der Waals surface area contributed by atoms with Crippen LogP contribution in [-0.4, -0.2) is 18.9 Å². The normalized spacial score (nSPS) is 16.6. The number of hydrogen-bond donors (Lipinski definition) is 0. The maximum absolute atomic E-state index is 5.23. The van der Waals surface area contributed by atoms with E-state index < -0.39 is 0 Å². The van der Waals surface area contributed by atoms with Gasteiger partial charge in [0.1, 0.15) is 5.75 Å². The van der Waals surface area contributed by atoms with Crippen LogP contribution in [0.5, 0.6) is 5.75 Å². The van der Waals surface area contributed by atoms with Gasteiger partial charge in [0, 0.05) is 6.42 Å². The Hall–Kier alpha value is -3.33. The second-order valence-corrected chi connectivity index (χ2v) is 6.50.